The van der Waals surface area contributed by atoms with E-state index in [0.717, 1.165) is 5.56 Å². The van der Waals surface area contributed by atoms with Gasteiger partial charge in [0, 0.05) is 6.42 Å². The molecule has 0 radical (unpaired) electrons. The summed E-state index contributed by atoms with van der Waals surface area (Å²) in [5, 5.41) is 11.3. The van der Waals surface area contributed by atoms with Gasteiger partial charge in [-0.05, 0) is 31.0 Å². The van der Waals surface area contributed by atoms with Gasteiger partial charge >= 0.3 is 0 Å². The minimum Gasteiger partial charge on any atom is -0.493 e. The number of nitrogens with two attached hydrogens (primary N) is 1. The second-order valence-electron chi connectivity index (χ2n) is 3.70. The smallest absolute Gasteiger partial charge is 0.161 e. The van der Waals surface area contributed by atoms with Crippen LogP contribution in [0.5, 0.6) is 11.5 Å². The van der Waals surface area contributed by atoms with Crippen LogP contribution < -0.4 is 15.2 Å². The first kappa shape index (κ1) is 13.2. The molecule has 0 aromatic heterocycles. The van der Waals surface area contributed by atoms with E-state index in [-0.39, 0.29) is 5.84 Å². The van der Waals surface area contributed by atoms with Gasteiger partial charge in [-0.2, -0.15) is 0 Å². The van der Waals surface area contributed by atoms with E-state index in [4.69, 9.17) is 20.4 Å². The standard InChI is InChI=1S/C12H18N2O3/c1-9-5-6-10(11(8-9)16-2)17-7-3-4-12(13)14-15/h5-6,8,15H,3-4,7H2,1-2H3,(H2,13,14). The highest BCUT2D eigenvalue weighted by Crippen LogP contribution is 2.27. The number of methoxy groups -OCH3 is 1. The molecule has 1 aromatic carbocycles. The van der Waals surface area contributed by atoms with Gasteiger partial charge in [0.15, 0.2) is 11.5 Å². The fraction of sp³-hybridized carbons (Fsp3) is 0.417. The Morgan fingerprint density at radius 2 is 2.18 bits per heavy atom. The second-order valence-corrected chi connectivity index (χ2v) is 3.70. The van der Waals surface area contributed by atoms with E-state index in [1.807, 2.05) is 25.1 Å². The van der Waals surface area contributed by atoms with Crippen LogP contribution in [0.15, 0.2) is 23.4 Å². The number of hydrogen-bond donors (Lipinski definition) is 2. The van der Waals surface area contributed by atoms with Crippen molar-refractivity contribution in [3.8, 4) is 11.5 Å². The Kier molecular flexibility index (Phi) is 5.13. The fourth-order valence-corrected chi connectivity index (χ4v) is 1.38. The second kappa shape index (κ2) is 6.62. The van der Waals surface area contributed by atoms with Crippen LogP contribution in [0.4, 0.5) is 0 Å². The first-order valence-corrected chi connectivity index (χ1v) is 5.41. The van der Waals surface area contributed by atoms with Crippen LogP contribution in [0.2, 0.25) is 0 Å². The van der Waals surface area contributed by atoms with E-state index in [1.54, 1.807) is 7.11 Å². The van der Waals surface area contributed by atoms with E-state index in [2.05, 4.69) is 5.16 Å². The van der Waals surface area contributed by atoms with E-state index < -0.39 is 0 Å². The van der Waals surface area contributed by atoms with Crippen molar-refractivity contribution >= 4 is 5.84 Å². The lowest BCUT2D eigenvalue weighted by Crippen LogP contribution is -2.12. The molecule has 0 saturated heterocycles. The van der Waals surface area contributed by atoms with Crippen LogP contribution in [-0.2, 0) is 0 Å². The number of ether oxygens (including phenoxy) is 2. The molecule has 0 aliphatic rings. The highest BCUT2D eigenvalue weighted by Gasteiger charge is 2.04. The molecular weight excluding hydrogens is 220 g/mol. The largest absolute Gasteiger partial charge is 0.493 e. The minimum atomic E-state index is 0.212. The number of hydrogen-bond acceptors (Lipinski definition) is 4. The summed E-state index contributed by atoms with van der Waals surface area (Å²) in [6.07, 6.45) is 1.19. The third-order valence-corrected chi connectivity index (χ3v) is 2.28. The molecule has 0 aliphatic heterocycles. The molecule has 0 heterocycles. The van der Waals surface area contributed by atoms with Crippen LogP contribution in [0, 0.1) is 6.92 Å². The summed E-state index contributed by atoms with van der Waals surface area (Å²) in [4.78, 5) is 0. The van der Waals surface area contributed by atoms with Crippen LogP contribution in [0.1, 0.15) is 18.4 Å². The van der Waals surface area contributed by atoms with Crippen molar-refractivity contribution in [2.45, 2.75) is 19.8 Å². The molecule has 5 heteroatoms. The first-order valence-electron chi connectivity index (χ1n) is 5.41. The summed E-state index contributed by atoms with van der Waals surface area (Å²) in [5.41, 5.74) is 6.46. The highest BCUT2D eigenvalue weighted by atomic mass is 16.5. The van der Waals surface area contributed by atoms with Gasteiger partial charge in [0.25, 0.3) is 0 Å². The maximum absolute atomic E-state index is 8.37. The van der Waals surface area contributed by atoms with Gasteiger partial charge in [0.2, 0.25) is 0 Å². The minimum absolute atomic E-state index is 0.212. The molecule has 3 N–H and O–H groups in total. The average molecular weight is 238 g/mol. The number of oxime groups is 1. The summed E-state index contributed by atoms with van der Waals surface area (Å²) in [5.74, 6) is 1.64. The first-order chi connectivity index (χ1) is 8.17. The SMILES string of the molecule is COc1cc(C)ccc1OCCC/C(N)=N/O. The number of rotatable bonds is 6. The van der Waals surface area contributed by atoms with Crippen molar-refractivity contribution in [3.05, 3.63) is 23.8 Å². The predicted molar refractivity (Wildman–Crippen MR) is 65.9 cm³/mol. The molecular formula is C12H18N2O3. The molecule has 94 valence electrons. The number of amidine groups is 1. The third kappa shape index (κ3) is 4.22. The molecule has 1 aromatic rings. The van der Waals surface area contributed by atoms with Crippen LogP contribution in [-0.4, -0.2) is 24.8 Å². The Morgan fingerprint density at radius 1 is 1.41 bits per heavy atom. The van der Waals surface area contributed by atoms with Crippen molar-refractivity contribution in [1.82, 2.24) is 0 Å². The fourth-order valence-electron chi connectivity index (χ4n) is 1.38. The molecule has 5 nitrogen and oxygen atoms in total. The van der Waals surface area contributed by atoms with Gasteiger partial charge in [0.05, 0.1) is 13.7 Å². The van der Waals surface area contributed by atoms with E-state index >= 15 is 0 Å². The van der Waals surface area contributed by atoms with Gasteiger partial charge in [-0.3, -0.25) is 0 Å². The molecule has 0 spiro atoms. The van der Waals surface area contributed by atoms with Crippen LogP contribution in [0.3, 0.4) is 0 Å². The van der Waals surface area contributed by atoms with Gasteiger partial charge in [-0.1, -0.05) is 11.2 Å². The van der Waals surface area contributed by atoms with Crippen molar-refractivity contribution in [2.24, 2.45) is 10.9 Å². The number of benzene rings is 1. The topological polar surface area (TPSA) is 77.1 Å². The van der Waals surface area contributed by atoms with E-state index in [1.165, 1.54) is 0 Å². The molecule has 0 saturated carbocycles. The highest BCUT2D eigenvalue weighted by molar-refractivity contribution is 5.79. The van der Waals surface area contributed by atoms with Gasteiger partial charge in [-0.15, -0.1) is 0 Å². The quantitative estimate of drug-likeness (QED) is 0.261. The molecule has 0 unspecified atom stereocenters. The summed E-state index contributed by atoms with van der Waals surface area (Å²) in [6.45, 7) is 2.49. The lowest BCUT2D eigenvalue weighted by molar-refractivity contribution is 0.289. The summed E-state index contributed by atoms with van der Waals surface area (Å²) in [7, 11) is 1.61. The normalized spacial score (nSPS) is 11.3. The lowest BCUT2D eigenvalue weighted by Gasteiger charge is -2.10. The Balaban J connectivity index is 2.46. The molecule has 0 bridgehead atoms. The van der Waals surface area contributed by atoms with Crippen molar-refractivity contribution < 1.29 is 14.7 Å². The van der Waals surface area contributed by atoms with Crippen molar-refractivity contribution in [3.63, 3.8) is 0 Å². The third-order valence-electron chi connectivity index (χ3n) is 2.28. The summed E-state index contributed by atoms with van der Waals surface area (Å²) < 4.78 is 10.8. The van der Waals surface area contributed by atoms with Crippen LogP contribution >= 0.6 is 0 Å². The molecule has 1 rings (SSSR count). The molecule has 0 fully saturated rings. The van der Waals surface area contributed by atoms with Gasteiger partial charge in [-0.25, -0.2) is 0 Å². The zero-order valence-corrected chi connectivity index (χ0v) is 10.1. The Morgan fingerprint density at radius 3 is 2.82 bits per heavy atom. The van der Waals surface area contributed by atoms with Crippen molar-refractivity contribution in [1.29, 1.82) is 0 Å². The van der Waals surface area contributed by atoms with E-state index in [0.29, 0.717) is 30.9 Å². The zero-order chi connectivity index (χ0) is 12.7. The molecule has 0 aliphatic carbocycles. The zero-order valence-electron chi connectivity index (χ0n) is 10.1. The number of aryl methyl sites for hydroxylation is 1. The summed E-state index contributed by atoms with van der Waals surface area (Å²) >= 11 is 0. The average Bonchev–Trinajstić information content (AvgIpc) is 2.35. The maximum atomic E-state index is 8.37. The number of nitrogens with zero attached hydrogens (tertiary/aromatic N) is 1. The molecule has 17 heavy (non-hydrogen) atoms. The van der Waals surface area contributed by atoms with Gasteiger partial charge < -0.3 is 20.4 Å². The van der Waals surface area contributed by atoms with Crippen LogP contribution in [0.25, 0.3) is 0 Å². The molecule has 0 amide bonds. The molecule has 0 atom stereocenters. The summed E-state index contributed by atoms with van der Waals surface area (Å²) in [6, 6.07) is 5.75. The Labute approximate surface area is 101 Å². The monoisotopic (exact) mass is 238 g/mol. The van der Waals surface area contributed by atoms with Gasteiger partial charge in [0.1, 0.15) is 5.84 Å². The Hall–Kier alpha value is -1.91. The van der Waals surface area contributed by atoms with Crippen molar-refractivity contribution in [2.75, 3.05) is 13.7 Å². The lowest BCUT2D eigenvalue weighted by atomic mass is 10.2. The predicted octanol–water partition coefficient (Wildman–Crippen LogP) is 1.91. The maximum Gasteiger partial charge on any atom is 0.161 e. The van der Waals surface area contributed by atoms with E-state index in [9.17, 15) is 0 Å². The Bertz CT molecular complexity index is 391.